The number of likely N-dealkylation sites (tertiary alicyclic amines) is 1. The van der Waals surface area contributed by atoms with Crippen molar-refractivity contribution in [2.75, 3.05) is 20.2 Å². The molecule has 4 rings (SSSR count). The van der Waals surface area contributed by atoms with Crippen LogP contribution in [-0.4, -0.2) is 35.3 Å². The molecule has 2 heterocycles. The summed E-state index contributed by atoms with van der Waals surface area (Å²) in [5.74, 6) is 0.806. The van der Waals surface area contributed by atoms with Crippen molar-refractivity contribution in [3.8, 4) is 28.3 Å². The summed E-state index contributed by atoms with van der Waals surface area (Å²) in [4.78, 5) is 2.55. The monoisotopic (exact) mass is 359 g/mol. The van der Waals surface area contributed by atoms with Crippen LogP contribution in [-0.2, 0) is 0 Å². The second-order valence-electron chi connectivity index (χ2n) is 7.05. The average Bonchev–Trinajstić information content (AvgIpc) is 3.28. The summed E-state index contributed by atoms with van der Waals surface area (Å²) in [6.07, 6.45) is 2.61. The van der Waals surface area contributed by atoms with Gasteiger partial charge in [-0.2, -0.15) is 0 Å². The Morgan fingerprint density at radius 3 is 2.37 bits per heavy atom. The van der Waals surface area contributed by atoms with Crippen molar-refractivity contribution in [2.45, 2.75) is 25.8 Å². The number of methoxy groups -OCH3 is 1. The summed E-state index contributed by atoms with van der Waals surface area (Å²) in [5.41, 5.74) is 5.11. The molecule has 1 fully saturated rings. The lowest BCUT2D eigenvalue weighted by atomic mass is 10.0. The zero-order chi connectivity index (χ0) is 18.6. The number of para-hydroxylation sites is 1. The van der Waals surface area contributed by atoms with Gasteiger partial charge in [-0.15, -0.1) is 10.2 Å². The van der Waals surface area contributed by atoms with Crippen molar-refractivity contribution >= 4 is 0 Å². The molecule has 27 heavy (non-hydrogen) atoms. The van der Waals surface area contributed by atoms with Gasteiger partial charge in [0.1, 0.15) is 5.75 Å². The second kappa shape index (κ2) is 7.89. The molecule has 1 aliphatic heterocycles. The summed E-state index contributed by atoms with van der Waals surface area (Å²) in [5, 5.41) is 8.93. The molecule has 4 heteroatoms. The van der Waals surface area contributed by atoms with Gasteiger partial charge in [0, 0.05) is 17.2 Å². The topological polar surface area (TPSA) is 38.2 Å². The molecule has 0 saturated carbocycles. The van der Waals surface area contributed by atoms with Crippen LogP contribution in [0, 0.1) is 0 Å². The lowest BCUT2D eigenvalue weighted by molar-refractivity contribution is 0.263. The van der Waals surface area contributed by atoms with Gasteiger partial charge in [0.2, 0.25) is 0 Å². The van der Waals surface area contributed by atoms with E-state index in [9.17, 15) is 0 Å². The fourth-order valence-electron chi connectivity index (χ4n) is 3.78. The molecule has 0 unspecified atom stereocenters. The van der Waals surface area contributed by atoms with Gasteiger partial charge in [-0.1, -0.05) is 30.3 Å². The molecule has 1 aliphatic rings. The highest BCUT2D eigenvalue weighted by molar-refractivity contribution is 5.68. The molecule has 1 saturated heterocycles. The molecule has 0 aliphatic carbocycles. The second-order valence-corrected chi connectivity index (χ2v) is 7.05. The van der Waals surface area contributed by atoms with Gasteiger partial charge >= 0.3 is 0 Å². The minimum absolute atomic E-state index is 0.438. The van der Waals surface area contributed by atoms with E-state index in [1.807, 2.05) is 36.4 Å². The van der Waals surface area contributed by atoms with Crippen LogP contribution >= 0.6 is 0 Å². The lowest BCUT2D eigenvalue weighted by Gasteiger charge is -2.24. The number of hydrogen-bond acceptors (Lipinski definition) is 4. The van der Waals surface area contributed by atoms with E-state index >= 15 is 0 Å². The van der Waals surface area contributed by atoms with Gasteiger partial charge in [-0.05, 0) is 68.8 Å². The van der Waals surface area contributed by atoms with E-state index < -0.39 is 0 Å². The largest absolute Gasteiger partial charge is 0.496 e. The first kappa shape index (κ1) is 17.7. The zero-order valence-electron chi connectivity index (χ0n) is 15.9. The molecule has 0 bridgehead atoms. The Morgan fingerprint density at radius 2 is 1.63 bits per heavy atom. The Kier molecular flexibility index (Phi) is 5.16. The number of benzene rings is 2. The smallest absolute Gasteiger partial charge is 0.128 e. The maximum Gasteiger partial charge on any atom is 0.128 e. The van der Waals surface area contributed by atoms with Gasteiger partial charge in [0.25, 0.3) is 0 Å². The SMILES string of the molecule is COc1ccccc1-c1ccc(-c2cccc([C@H](C)N3CCCC3)c2)nn1. The fraction of sp³-hybridized carbons (Fsp3) is 0.304. The third-order valence-electron chi connectivity index (χ3n) is 5.40. The summed E-state index contributed by atoms with van der Waals surface area (Å²) in [6.45, 7) is 4.68. The lowest BCUT2D eigenvalue weighted by Crippen LogP contribution is -2.23. The number of nitrogens with zero attached hydrogens (tertiary/aromatic N) is 3. The van der Waals surface area contributed by atoms with Crippen LogP contribution < -0.4 is 4.74 Å². The van der Waals surface area contributed by atoms with Crippen LogP contribution in [0.2, 0.25) is 0 Å². The van der Waals surface area contributed by atoms with Crippen LogP contribution in [0.15, 0.2) is 60.7 Å². The molecule has 138 valence electrons. The third-order valence-corrected chi connectivity index (χ3v) is 5.40. The van der Waals surface area contributed by atoms with E-state index in [4.69, 9.17) is 4.74 Å². The van der Waals surface area contributed by atoms with Gasteiger partial charge in [0.15, 0.2) is 0 Å². The predicted molar refractivity (Wildman–Crippen MR) is 109 cm³/mol. The Labute approximate surface area is 160 Å². The molecule has 1 aromatic heterocycles. The summed E-state index contributed by atoms with van der Waals surface area (Å²) >= 11 is 0. The molecule has 0 N–H and O–H groups in total. The van der Waals surface area contributed by atoms with E-state index in [1.54, 1.807) is 7.11 Å². The standard InChI is InChI=1S/C23H25N3O/c1-17(26-14-5-6-15-26)18-8-7-9-19(16-18)21-12-13-22(25-24-21)20-10-3-4-11-23(20)27-2/h3-4,7-13,16-17H,5-6,14-15H2,1-2H3/t17-/m0/s1. The van der Waals surface area contributed by atoms with E-state index in [2.05, 4.69) is 46.3 Å². The molecule has 1 atom stereocenters. The van der Waals surface area contributed by atoms with E-state index in [1.165, 1.54) is 31.5 Å². The molecular formula is C23H25N3O. The maximum absolute atomic E-state index is 5.43. The molecule has 2 aromatic carbocycles. The molecule has 4 nitrogen and oxygen atoms in total. The van der Waals surface area contributed by atoms with Gasteiger partial charge < -0.3 is 4.74 Å². The first-order valence-corrected chi connectivity index (χ1v) is 9.58. The predicted octanol–water partition coefficient (Wildman–Crippen LogP) is 4.98. The summed E-state index contributed by atoms with van der Waals surface area (Å²) in [7, 11) is 1.67. The highest BCUT2D eigenvalue weighted by Gasteiger charge is 2.19. The van der Waals surface area contributed by atoms with Crippen LogP contribution in [0.3, 0.4) is 0 Å². The molecular weight excluding hydrogens is 334 g/mol. The van der Waals surface area contributed by atoms with E-state index in [0.29, 0.717) is 6.04 Å². The fourth-order valence-corrected chi connectivity index (χ4v) is 3.78. The summed E-state index contributed by atoms with van der Waals surface area (Å²) in [6, 6.07) is 21.0. The van der Waals surface area contributed by atoms with Crippen molar-refractivity contribution in [3.63, 3.8) is 0 Å². The molecule has 0 amide bonds. The molecule has 0 radical (unpaired) electrons. The number of ether oxygens (including phenoxy) is 1. The molecule has 0 spiro atoms. The van der Waals surface area contributed by atoms with E-state index in [0.717, 1.165) is 28.3 Å². The first-order valence-electron chi connectivity index (χ1n) is 9.58. The van der Waals surface area contributed by atoms with Crippen molar-refractivity contribution in [2.24, 2.45) is 0 Å². The van der Waals surface area contributed by atoms with E-state index in [-0.39, 0.29) is 0 Å². The van der Waals surface area contributed by atoms with Crippen molar-refractivity contribution in [1.82, 2.24) is 15.1 Å². The first-order chi connectivity index (χ1) is 13.3. The van der Waals surface area contributed by atoms with Gasteiger partial charge in [0.05, 0.1) is 18.5 Å². The molecule has 3 aromatic rings. The number of hydrogen-bond donors (Lipinski definition) is 0. The highest BCUT2D eigenvalue weighted by atomic mass is 16.5. The van der Waals surface area contributed by atoms with Crippen LogP contribution in [0.1, 0.15) is 31.4 Å². The number of aromatic nitrogens is 2. The van der Waals surface area contributed by atoms with Gasteiger partial charge in [-0.3, -0.25) is 4.90 Å². The van der Waals surface area contributed by atoms with Crippen LogP contribution in [0.4, 0.5) is 0 Å². The quantitative estimate of drug-likeness (QED) is 0.644. The Morgan fingerprint density at radius 1 is 0.889 bits per heavy atom. The zero-order valence-corrected chi connectivity index (χ0v) is 15.9. The maximum atomic E-state index is 5.43. The Hall–Kier alpha value is -2.72. The Balaban J connectivity index is 1.60. The Bertz CT molecular complexity index is 902. The summed E-state index contributed by atoms with van der Waals surface area (Å²) < 4.78 is 5.43. The minimum atomic E-state index is 0.438. The van der Waals surface area contributed by atoms with Gasteiger partial charge in [-0.25, -0.2) is 0 Å². The highest BCUT2D eigenvalue weighted by Crippen LogP contribution is 2.30. The third kappa shape index (κ3) is 3.71. The van der Waals surface area contributed by atoms with Crippen molar-refractivity contribution < 1.29 is 4.74 Å². The number of rotatable bonds is 5. The van der Waals surface area contributed by atoms with Crippen LogP contribution in [0.25, 0.3) is 22.5 Å². The van der Waals surface area contributed by atoms with Crippen molar-refractivity contribution in [1.29, 1.82) is 0 Å². The van der Waals surface area contributed by atoms with Crippen LogP contribution in [0.5, 0.6) is 5.75 Å². The van der Waals surface area contributed by atoms with Crippen molar-refractivity contribution in [3.05, 3.63) is 66.2 Å². The normalized spacial score (nSPS) is 15.6. The minimum Gasteiger partial charge on any atom is -0.496 e. The average molecular weight is 359 g/mol.